The molecule has 0 fully saturated rings. The van der Waals surface area contributed by atoms with Gasteiger partial charge in [-0.25, -0.2) is 0 Å². The summed E-state index contributed by atoms with van der Waals surface area (Å²) in [6.07, 6.45) is 4.28. The molecule has 0 atom stereocenters. The van der Waals surface area contributed by atoms with Crippen molar-refractivity contribution in [2.24, 2.45) is 0 Å². The van der Waals surface area contributed by atoms with E-state index >= 15 is 0 Å². The molecule has 0 spiro atoms. The molecule has 0 saturated carbocycles. The molecular formula is C5H9O. The van der Waals surface area contributed by atoms with Crippen LogP contribution in [0.4, 0.5) is 0 Å². The van der Waals surface area contributed by atoms with Crippen LogP contribution in [0, 0.1) is 6.08 Å². The molecule has 0 saturated heterocycles. The Hall–Kier alpha value is -0.460. The fourth-order valence-corrected chi connectivity index (χ4v) is 0.167. The third-order valence-corrected chi connectivity index (χ3v) is 0.368. The quantitative estimate of drug-likeness (QED) is 0.460. The average molecular weight is 85.1 g/mol. The lowest BCUT2D eigenvalue weighted by molar-refractivity contribution is 0.267. The summed E-state index contributed by atoms with van der Waals surface area (Å²) in [6.45, 7) is 4.48. The third kappa shape index (κ3) is 3.54. The van der Waals surface area contributed by atoms with E-state index in [-0.39, 0.29) is 0 Å². The monoisotopic (exact) mass is 85.1 g/mol. The Morgan fingerprint density at radius 1 is 1.83 bits per heavy atom. The number of hydrogen-bond donors (Lipinski definition) is 0. The van der Waals surface area contributed by atoms with Crippen molar-refractivity contribution in [3.05, 3.63) is 12.3 Å². The summed E-state index contributed by atoms with van der Waals surface area (Å²) in [6, 6.07) is 0. The van der Waals surface area contributed by atoms with Crippen molar-refractivity contribution in [3.8, 4) is 0 Å². The van der Waals surface area contributed by atoms with Crippen LogP contribution in [0.1, 0.15) is 13.8 Å². The molecule has 0 aliphatic heterocycles. The van der Waals surface area contributed by atoms with Gasteiger partial charge in [0.25, 0.3) is 0 Å². The lowest BCUT2D eigenvalue weighted by Gasteiger charge is -1.86. The molecule has 35 valence electrons. The molecule has 1 heteroatoms. The lowest BCUT2D eigenvalue weighted by Crippen LogP contribution is -1.73. The maximum Gasteiger partial charge on any atom is 0.0861 e. The van der Waals surface area contributed by atoms with E-state index in [0.29, 0.717) is 0 Å². The van der Waals surface area contributed by atoms with Gasteiger partial charge in [0.2, 0.25) is 0 Å². The zero-order valence-electron chi connectivity index (χ0n) is 4.19. The van der Waals surface area contributed by atoms with E-state index in [1.807, 2.05) is 6.92 Å². The minimum absolute atomic E-state index is 0.737. The molecule has 0 amide bonds. The highest BCUT2D eigenvalue weighted by atomic mass is 16.5. The van der Waals surface area contributed by atoms with Crippen molar-refractivity contribution < 1.29 is 4.74 Å². The van der Waals surface area contributed by atoms with Gasteiger partial charge in [0, 0.05) is 0 Å². The molecule has 0 aromatic heterocycles. The fourth-order valence-electron chi connectivity index (χ4n) is 0.167. The summed E-state index contributed by atoms with van der Waals surface area (Å²) in [5, 5.41) is 0. The highest BCUT2D eigenvalue weighted by Gasteiger charge is 1.60. The number of rotatable bonds is 2. The maximum absolute atomic E-state index is 4.75. The molecule has 0 bridgehead atoms. The second kappa shape index (κ2) is 4.54. The number of ether oxygens (including phenoxy) is 1. The summed E-state index contributed by atoms with van der Waals surface area (Å²) in [5.41, 5.74) is 0. The van der Waals surface area contributed by atoms with E-state index in [1.54, 1.807) is 13.2 Å². The van der Waals surface area contributed by atoms with Gasteiger partial charge in [0.15, 0.2) is 0 Å². The minimum atomic E-state index is 0.737. The van der Waals surface area contributed by atoms with Gasteiger partial charge in [-0.1, -0.05) is 0 Å². The highest BCUT2D eigenvalue weighted by molar-refractivity contribution is 4.53. The molecular weight excluding hydrogens is 76.1 g/mol. The van der Waals surface area contributed by atoms with Crippen LogP contribution in [0.25, 0.3) is 0 Å². The van der Waals surface area contributed by atoms with Crippen molar-refractivity contribution >= 4 is 0 Å². The first-order chi connectivity index (χ1) is 2.91. The molecule has 0 aliphatic rings. The van der Waals surface area contributed by atoms with E-state index in [4.69, 9.17) is 4.74 Å². The van der Waals surface area contributed by atoms with Gasteiger partial charge in [-0.15, -0.1) is 0 Å². The molecule has 0 heterocycles. The Kier molecular flexibility index (Phi) is 4.19. The van der Waals surface area contributed by atoms with Crippen LogP contribution in [-0.2, 0) is 4.74 Å². The van der Waals surface area contributed by atoms with Crippen LogP contribution in [0.5, 0.6) is 0 Å². The Morgan fingerprint density at radius 2 is 2.50 bits per heavy atom. The Labute approximate surface area is 38.6 Å². The predicted octanol–water partition coefficient (Wildman–Crippen LogP) is 1.36. The van der Waals surface area contributed by atoms with Crippen molar-refractivity contribution in [2.75, 3.05) is 6.61 Å². The van der Waals surface area contributed by atoms with Crippen LogP contribution in [0.3, 0.4) is 0 Å². The summed E-state index contributed by atoms with van der Waals surface area (Å²) in [5.74, 6) is 0. The van der Waals surface area contributed by atoms with Crippen molar-refractivity contribution in [3.63, 3.8) is 0 Å². The van der Waals surface area contributed by atoms with Gasteiger partial charge in [0.1, 0.15) is 0 Å². The Balaban J connectivity index is 2.66. The molecule has 0 aromatic carbocycles. The zero-order chi connectivity index (χ0) is 4.83. The molecule has 0 unspecified atom stereocenters. The minimum Gasteiger partial charge on any atom is -0.501 e. The van der Waals surface area contributed by atoms with Gasteiger partial charge in [-0.05, 0) is 19.9 Å². The smallest absolute Gasteiger partial charge is 0.0861 e. The molecule has 6 heavy (non-hydrogen) atoms. The highest BCUT2D eigenvalue weighted by Crippen LogP contribution is 1.70. The van der Waals surface area contributed by atoms with Gasteiger partial charge >= 0.3 is 0 Å². The van der Waals surface area contributed by atoms with Crippen LogP contribution in [-0.4, -0.2) is 6.61 Å². The standard InChI is InChI=1S/C5H9O/c1-3-5-6-4-2/h5H,4H2,1-2H3. The van der Waals surface area contributed by atoms with Crippen molar-refractivity contribution in [1.82, 2.24) is 0 Å². The van der Waals surface area contributed by atoms with Crippen LogP contribution >= 0.6 is 0 Å². The van der Waals surface area contributed by atoms with E-state index in [1.165, 1.54) is 0 Å². The van der Waals surface area contributed by atoms with E-state index in [2.05, 4.69) is 6.08 Å². The summed E-state index contributed by atoms with van der Waals surface area (Å²) >= 11 is 0. The first kappa shape index (κ1) is 5.54. The fraction of sp³-hybridized carbons (Fsp3) is 0.600. The second-order valence-corrected chi connectivity index (χ2v) is 0.862. The molecule has 1 radical (unpaired) electrons. The number of allylic oxidation sites excluding steroid dienone is 1. The molecule has 1 nitrogen and oxygen atoms in total. The van der Waals surface area contributed by atoms with E-state index in [0.717, 1.165) is 6.61 Å². The summed E-state index contributed by atoms with van der Waals surface area (Å²) in [4.78, 5) is 0. The first-order valence-electron chi connectivity index (χ1n) is 2.02. The van der Waals surface area contributed by atoms with E-state index < -0.39 is 0 Å². The Morgan fingerprint density at radius 3 is 2.67 bits per heavy atom. The van der Waals surface area contributed by atoms with Gasteiger partial charge in [-0.3, -0.25) is 0 Å². The summed E-state index contributed by atoms with van der Waals surface area (Å²) in [7, 11) is 0. The topological polar surface area (TPSA) is 9.23 Å². The van der Waals surface area contributed by atoms with E-state index in [9.17, 15) is 0 Å². The molecule has 0 aromatic rings. The molecule has 0 N–H and O–H groups in total. The first-order valence-corrected chi connectivity index (χ1v) is 2.02. The summed E-state index contributed by atoms with van der Waals surface area (Å²) < 4.78 is 4.75. The van der Waals surface area contributed by atoms with Crippen molar-refractivity contribution in [1.29, 1.82) is 0 Å². The van der Waals surface area contributed by atoms with Crippen LogP contribution in [0.15, 0.2) is 6.26 Å². The number of hydrogen-bond acceptors (Lipinski definition) is 1. The predicted molar refractivity (Wildman–Crippen MR) is 25.1 cm³/mol. The maximum atomic E-state index is 4.75. The SMILES string of the molecule is C/[C]=C\OCC. The van der Waals surface area contributed by atoms with Crippen molar-refractivity contribution in [2.45, 2.75) is 13.8 Å². The van der Waals surface area contributed by atoms with Gasteiger partial charge < -0.3 is 4.74 Å². The molecule has 0 rings (SSSR count). The lowest BCUT2D eigenvalue weighted by atomic mass is 10.7. The molecule has 0 aliphatic carbocycles. The van der Waals surface area contributed by atoms with Gasteiger partial charge in [-0.2, -0.15) is 0 Å². The zero-order valence-corrected chi connectivity index (χ0v) is 4.19. The van der Waals surface area contributed by atoms with Crippen LogP contribution < -0.4 is 0 Å². The third-order valence-electron chi connectivity index (χ3n) is 0.368. The largest absolute Gasteiger partial charge is 0.501 e. The van der Waals surface area contributed by atoms with Crippen LogP contribution in [0.2, 0.25) is 0 Å². The Bertz CT molecular complexity index is 39.2. The van der Waals surface area contributed by atoms with Gasteiger partial charge in [0.05, 0.1) is 12.9 Å². The second-order valence-electron chi connectivity index (χ2n) is 0.862. The normalized spacial score (nSPS) is 9.67. The average Bonchev–Trinajstić information content (AvgIpc) is 1.61.